The molecule has 0 aliphatic carbocycles. The second-order valence-corrected chi connectivity index (χ2v) is 7.35. The van der Waals surface area contributed by atoms with Gasteiger partial charge in [0, 0.05) is 16.1 Å². The molecule has 0 fully saturated rings. The van der Waals surface area contributed by atoms with E-state index in [0.29, 0.717) is 10.4 Å². The number of primary sulfonamides is 1. The molecule has 3 N–H and O–H groups in total. The zero-order chi connectivity index (χ0) is 15.5. The first-order chi connectivity index (χ1) is 9.15. The number of hydrogen-bond donors (Lipinski definition) is 2. The fraction of sp³-hybridized carbons (Fsp3) is 0.462. The summed E-state index contributed by atoms with van der Waals surface area (Å²) in [6.45, 7) is 6.01. The monoisotopic (exact) mass is 362 g/mol. The molecular formula is C13H19BrN2O3S. The minimum absolute atomic E-state index is 0.00409. The number of nitrogens with two attached hydrogens (primary N) is 1. The molecule has 0 spiro atoms. The van der Waals surface area contributed by atoms with Crippen molar-refractivity contribution in [1.29, 1.82) is 0 Å². The van der Waals surface area contributed by atoms with E-state index in [0.717, 1.165) is 6.42 Å². The van der Waals surface area contributed by atoms with E-state index in [9.17, 15) is 13.2 Å². The van der Waals surface area contributed by atoms with Gasteiger partial charge in [-0.25, -0.2) is 13.6 Å². The number of halogens is 1. The molecule has 0 heterocycles. The summed E-state index contributed by atoms with van der Waals surface area (Å²) in [5.74, 6) is 0.0211. The van der Waals surface area contributed by atoms with E-state index in [4.69, 9.17) is 5.14 Å². The van der Waals surface area contributed by atoms with Crippen LogP contribution in [0.5, 0.6) is 0 Å². The van der Waals surface area contributed by atoms with Crippen LogP contribution in [0.2, 0.25) is 0 Å². The number of amides is 1. The predicted molar refractivity (Wildman–Crippen MR) is 81.9 cm³/mol. The van der Waals surface area contributed by atoms with Gasteiger partial charge in [-0.2, -0.15) is 0 Å². The third-order valence-electron chi connectivity index (χ3n) is 3.32. The summed E-state index contributed by atoms with van der Waals surface area (Å²) in [7, 11) is -3.84. The van der Waals surface area contributed by atoms with Crippen LogP contribution in [0, 0.1) is 5.92 Å². The molecule has 112 valence electrons. The minimum Gasteiger partial charge on any atom is -0.349 e. The summed E-state index contributed by atoms with van der Waals surface area (Å²) in [6.07, 6.45) is 0.947. The van der Waals surface area contributed by atoms with Crippen molar-refractivity contribution in [3.05, 3.63) is 28.2 Å². The van der Waals surface area contributed by atoms with E-state index in [1.807, 2.05) is 20.8 Å². The van der Waals surface area contributed by atoms with Crippen LogP contribution in [0.15, 0.2) is 27.6 Å². The van der Waals surface area contributed by atoms with Crippen molar-refractivity contribution >= 4 is 31.9 Å². The van der Waals surface area contributed by atoms with E-state index in [2.05, 4.69) is 21.2 Å². The lowest BCUT2D eigenvalue weighted by molar-refractivity contribution is 0.0928. The fourth-order valence-corrected chi connectivity index (χ4v) is 2.87. The third-order valence-corrected chi connectivity index (χ3v) is 4.67. The van der Waals surface area contributed by atoms with Gasteiger partial charge < -0.3 is 5.32 Å². The van der Waals surface area contributed by atoms with Crippen molar-refractivity contribution in [2.75, 3.05) is 0 Å². The Bertz CT molecular complexity index is 602. The lowest BCUT2D eigenvalue weighted by Crippen LogP contribution is -2.37. The molecule has 1 aromatic carbocycles. The first-order valence-corrected chi connectivity index (χ1v) is 8.63. The van der Waals surface area contributed by atoms with E-state index >= 15 is 0 Å². The van der Waals surface area contributed by atoms with E-state index in [-0.39, 0.29) is 22.4 Å². The highest BCUT2D eigenvalue weighted by atomic mass is 79.9. The quantitative estimate of drug-likeness (QED) is 0.841. The zero-order valence-electron chi connectivity index (χ0n) is 11.7. The number of nitrogens with one attached hydrogen (secondary N) is 1. The van der Waals surface area contributed by atoms with Gasteiger partial charge in [0.2, 0.25) is 10.0 Å². The average Bonchev–Trinajstić information content (AvgIpc) is 2.35. The molecule has 7 heteroatoms. The van der Waals surface area contributed by atoms with Crippen LogP contribution in [0.4, 0.5) is 0 Å². The molecule has 20 heavy (non-hydrogen) atoms. The zero-order valence-corrected chi connectivity index (χ0v) is 14.1. The van der Waals surface area contributed by atoms with Gasteiger partial charge >= 0.3 is 0 Å². The Morgan fingerprint density at radius 2 is 1.95 bits per heavy atom. The Morgan fingerprint density at radius 3 is 2.45 bits per heavy atom. The van der Waals surface area contributed by atoms with Crippen LogP contribution in [0.3, 0.4) is 0 Å². The second kappa shape index (κ2) is 6.69. The summed E-state index contributed by atoms with van der Waals surface area (Å²) >= 11 is 3.18. The number of carbonyl (C=O) groups is 1. The first-order valence-electron chi connectivity index (χ1n) is 6.29. The maximum Gasteiger partial charge on any atom is 0.251 e. The standard InChI is InChI=1S/C13H19BrN2O3S/c1-4-8(2)9(3)16-13(17)10-5-11(14)7-12(6-10)20(15,18)19/h5-9H,4H2,1-3H3,(H,16,17)(H2,15,18,19). The molecular weight excluding hydrogens is 344 g/mol. The maximum absolute atomic E-state index is 12.1. The lowest BCUT2D eigenvalue weighted by atomic mass is 10.0. The normalized spacial score (nSPS) is 14.7. The van der Waals surface area contributed by atoms with E-state index in [1.165, 1.54) is 12.1 Å². The highest BCUT2D eigenvalue weighted by Crippen LogP contribution is 2.19. The lowest BCUT2D eigenvalue weighted by Gasteiger charge is -2.20. The van der Waals surface area contributed by atoms with Crippen molar-refractivity contribution < 1.29 is 13.2 Å². The first kappa shape index (κ1) is 17.1. The average molecular weight is 363 g/mol. The molecule has 2 atom stereocenters. The van der Waals surface area contributed by atoms with Gasteiger partial charge in [-0.15, -0.1) is 0 Å². The predicted octanol–water partition coefficient (Wildman–Crippen LogP) is 2.26. The van der Waals surface area contributed by atoms with Gasteiger partial charge in [0.15, 0.2) is 0 Å². The smallest absolute Gasteiger partial charge is 0.251 e. The molecule has 0 aliphatic rings. The van der Waals surface area contributed by atoms with Gasteiger partial charge in [0.25, 0.3) is 5.91 Å². The number of benzene rings is 1. The van der Waals surface area contributed by atoms with Gasteiger partial charge in [-0.3, -0.25) is 4.79 Å². The van der Waals surface area contributed by atoms with Crippen molar-refractivity contribution in [3.63, 3.8) is 0 Å². The number of rotatable bonds is 5. The second-order valence-electron chi connectivity index (χ2n) is 4.87. The van der Waals surface area contributed by atoms with Gasteiger partial charge in [-0.05, 0) is 31.0 Å². The molecule has 1 aromatic rings. The van der Waals surface area contributed by atoms with Crippen LogP contribution in [0.1, 0.15) is 37.6 Å². The summed E-state index contributed by atoms with van der Waals surface area (Å²) in [6, 6.07) is 4.21. The van der Waals surface area contributed by atoms with Crippen molar-refractivity contribution in [2.24, 2.45) is 11.1 Å². The summed E-state index contributed by atoms with van der Waals surface area (Å²) in [5, 5.41) is 7.94. The molecule has 0 saturated carbocycles. The fourth-order valence-electron chi connectivity index (χ4n) is 1.64. The van der Waals surface area contributed by atoms with Crippen molar-refractivity contribution in [3.8, 4) is 0 Å². The summed E-state index contributed by atoms with van der Waals surface area (Å²) in [4.78, 5) is 12.0. The molecule has 1 amide bonds. The van der Waals surface area contributed by atoms with Crippen molar-refractivity contribution in [1.82, 2.24) is 5.32 Å². The molecule has 0 aliphatic heterocycles. The third kappa shape index (κ3) is 4.57. The molecule has 0 saturated heterocycles. The number of carbonyl (C=O) groups excluding carboxylic acids is 1. The van der Waals surface area contributed by atoms with Crippen LogP contribution in [-0.4, -0.2) is 20.4 Å². The van der Waals surface area contributed by atoms with Crippen LogP contribution < -0.4 is 10.5 Å². The van der Waals surface area contributed by atoms with E-state index in [1.54, 1.807) is 6.07 Å². The van der Waals surface area contributed by atoms with Gasteiger partial charge in [0.1, 0.15) is 0 Å². The molecule has 5 nitrogen and oxygen atoms in total. The van der Waals surface area contributed by atoms with Crippen LogP contribution >= 0.6 is 15.9 Å². The Hall–Kier alpha value is -0.920. The maximum atomic E-state index is 12.1. The molecule has 0 radical (unpaired) electrons. The highest BCUT2D eigenvalue weighted by molar-refractivity contribution is 9.10. The Balaban J connectivity index is 3.03. The van der Waals surface area contributed by atoms with Gasteiger partial charge in [0.05, 0.1) is 4.90 Å². The summed E-state index contributed by atoms with van der Waals surface area (Å²) in [5.41, 5.74) is 0.263. The summed E-state index contributed by atoms with van der Waals surface area (Å²) < 4.78 is 23.2. The van der Waals surface area contributed by atoms with E-state index < -0.39 is 10.0 Å². The molecule has 0 bridgehead atoms. The Morgan fingerprint density at radius 1 is 1.35 bits per heavy atom. The largest absolute Gasteiger partial charge is 0.349 e. The van der Waals surface area contributed by atoms with Crippen LogP contribution in [0.25, 0.3) is 0 Å². The number of hydrogen-bond acceptors (Lipinski definition) is 3. The molecule has 0 aromatic heterocycles. The Kier molecular flexibility index (Phi) is 5.73. The number of sulfonamides is 1. The van der Waals surface area contributed by atoms with Crippen LogP contribution in [-0.2, 0) is 10.0 Å². The van der Waals surface area contributed by atoms with Gasteiger partial charge in [-0.1, -0.05) is 36.2 Å². The topological polar surface area (TPSA) is 89.3 Å². The SMILES string of the molecule is CCC(C)C(C)NC(=O)c1cc(Br)cc(S(N)(=O)=O)c1. The molecule has 2 unspecified atom stereocenters. The Labute approximate surface area is 128 Å². The highest BCUT2D eigenvalue weighted by Gasteiger charge is 2.17. The van der Waals surface area contributed by atoms with Crippen molar-refractivity contribution in [2.45, 2.75) is 38.1 Å². The minimum atomic E-state index is -3.84. The molecule has 1 rings (SSSR count).